The minimum atomic E-state index is -2.01. The minimum absolute atomic E-state index is 0.00926. The van der Waals surface area contributed by atoms with E-state index in [-0.39, 0.29) is 18.2 Å². The van der Waals surface area contributed by atoms with Crippen LogP contribution in [0.5, 0.6) is 0 Å². The normalized spacial score (nSPS) is 25.2. The number of aryl methyl sites for hydroxylation is 1. The second kappa shape index (κ2) is 9.58. The summed E-state index contributed by atoms with van der Waals surface area (Å²) >= 11 is 0. The van der Waals surface area contributed by atoms with Gasteiger partial charge >= 0.3 is 0 Å². The molecule has 1 saturated carbocycles. The maximum Gasteiger partial charge on any atom is 0.251 e. The molecule has 0 aromatic heterocycles. The minimum Gasteiger partial charge on any atom is -0.396 e. The average Bonchev–Trinajstić information content (AvgIpc) is 2.83. The fraction of sp³-hybridized carbons (Fsp3) is 0.417. The molecule has 9 heteroatoms. The molecular formula is C24H30N2O7. The van der Waals surface area contributed by atoms with Gasteiger partial charge in [0, 0.05) is 37.6 Å². The first-order valence-corrected chi connectivity index (χ1v) is 10.6. The van der Waals surface area contributed by atoms with E-state index < -0.39 is 36.4 Å². The summed E-state index contributed by atoms with van der Waals surface area (Å²) in [4.78, 5) is 24.4. The summed E-state index contributed by atoms with van der Waals surface area (Å²) in [7, 11) is 3.01. The molecular weight excluding hydrogens is 428 g/mol. The van der Waals surface area contributed by atoms with Crippen LogP contribution in [0.4, 0.5) is 0 Å². The van der Waals surface area contributed by atoms with E-state index in [9.17, 15) is 35.1 Å². The lowest BCUT2D eigenvalue weighted by Gasteiger charge is -2.55. The monoisotopic (exact) mass is 458 g/mol. The first-order chi connectivity index (χ1) is 15.6. The molecule has 7 N–H and O–H groups in total. The van der Waals surface area contributed by atoms with Gasteiger partial charge in [-0.1, -0.05) is 18.2 Å². The van der Waals surface area contributed by atoms with Crippen molar-refractivity contribution in [2.45, 2.75) is 37.3 Å². The van der Waals surface area contributed by atoms with Crippen molar-refractivity contribution in [1.82, 2.24) is 10.6 Å². The summed E-state index contributed by atoms with van der Waals surface area (Å²) in [5.41, 5.74) is 1.52. The van der Waals surface area contributed by atoms with Gasteiger partial charge in [0.1, 0.15) is 11.7 Å². The van der Waals surface area contributed by atoms with Crippen molar-refractivity contribution in [1.29, 1.82) is 0 Å². The second-order valence-corrected chi connectivity index (χ2v) is 8.43. The van der Waals surface area contributed by atoms with Crippen molar-refractivity contribution in [2.24, 2.45) is 5.92 Å². The second-order valence-electron chi connectivity index (χ2n) is 8.43. The Morgan fingerprint density at radius 1 is 1.00 bits per heavy atom. The van der Waals surface area contributed by atoms with E-state index in [0.29, 0.717) is 22.3 Å². The van der Waals surface area contributed by atoms with Gasteiger partial charge in [0.2, 0.25) is 0 Å². The summed E-state index contributed by atoms with van der Waals surface area (Å²) in [6.45, 7) is 1.24. The van der Waals surface area contributed by atoms with Crippen molar-refractivity contribution in [3.05, 3.63) is 58.7 Å². The predicted molar refractivity (Wildman–Crippen MR) is 121 cm³/mol. The molecule has 0 saturated heterocycles. The number of nitrogens with one attached hydrogen (secondary N) is 2. The number of carbonyl (C=O) groups excluding carboxylic acids is 2. The molecule has 9 nitrogen and oxygen atoms in total. The van der Waals surface area contributed by atoms with Gasteiger partial charge in [0.05, 0.1) is 18.8 Å². The zero-order chi connectivity index (χ0) is 24.5. The lowest BCUT2D eigenvalue weighted by atomic mass is 9.61. The van der Waals surface area contributed by atoms with Crippen molar-refractivity contribution in [2.75, 3.05) is 20.7 Å². The third-order valence-electron chi connectivity index (χ3n) is 6.53. The molecule has 0 radical (unpaired) electrons. The molecule has 1 aliphatic carbocycles. The van der Waals surface area contributed by atoms with Crippen molar-refractivity contribution in [3.8, 4) is 11.1 Å². The van der Waals surface area contributed by atoms with Crippen LogP contribution in [0.1, 0.15) is 31.8 Å². The van der Waals surface area contributed by atoms with Gasteiger partial charge in [-0.3, -0.25) is 9.59 Å². The molecule has 33 heavy (non-hydrogen) atoms. The molecule has 5 atom stereocenters. The third kappa shape index (κ3) is 4.38. The highest BCUT2D eigenvalue weighted by Gasteiger charge is 2.63. The Kier molecular flexibility index (Phi) is 7.20. The molecule has 2 aromatic carbocycles. The van der Waals surface area contributed by atoms with E-state index in [1.54, 1.807) is 24.3 Å². The maximum absolute atomic E-state index is 12.2. The Morgan fingerprint density at radius 2 is 1.58 bits per heavy atom. The zero-order valence-corrected chi connectivity index (χ0v) is 18.7. The molecule has 0 heterocycles. The third-order valence-corrected chi connectivity index (χ3v) is 6.53. The SMILES string of the molecule is CNC(=O)c1cc(C(=O)NC)cc(-c2ccc(CC(O)C3(O)C(O)C(O)C3CO)c(C)c2)c1. The van der Waals surface area contributed by atoms with Crippen LogP contribution in [0.2, 0.25) is 0 Å². The average molecular weight is 459 g/mol. The number of carbonyl (C=O) groups is 2. The maximum atomic E-state index is 12.2. The molecule has 2 aromatic rings. The summed E-state index contributed by atoms with van der Waals surface area (Å²) in [6, 6.07) is 10.2. The highest BCUT2D eigenvalue weighted by molar-refractivity contribution is 6.01. The number of aliphatic hydroxyl groups is 5. The highest BCUT2D eigenvalue weighted by Crippen LogP contribution is 2.42. The van der Waals surface area contributed by atoms with E-state index in [2.05, 4.69) is 10.6 Å². The van der Waals surface area contributed by atoms with E-state index in [1.165, 1.54) is 20.2 Å². The van der Waals surface area contributed by atoms with Gasteiger partial charge in [-0.15, -0.1) is 0 Å². The van der Waals surface area contributed by atoms with Gasteiger partial charge < -0.3 is 36.2 Å². The first-order valence-electron chi connectivity index (χ1n) is 10.6. The quantitative estimate of drug-likeness (QED) is 0.291. The van der Waals surface area contributed by atoms with Crippen LogP contribution in [-0.2, 0) is 6.42 Å². The molecule has 0 aliphatic heterocycles. The van der Waals surface area contributed by atoms with Crippen LogP contribution in [-0.4, -0.2) is 82.0 Å². The van der Waals surface area contributed by atoms with Crippen molar-refractivity contribution >= 4 is 11.8 Å². The van der Waals surface area contributed by atoms with E-state index in [1.807, 2.05) is 13.0 Å². The molecule has 3 rings (SSSR count). The summed E-state index contributed by atoms with van der Waals surface area (Å²) < 4.78 is 0. The lowest BCUT2D eigenvalue weighted by molar-refractivity contribution is -0.300. The van der Waals surface area contributed by atoms with Gasteiger partial charge in [-0.2, -0.15) is 0 Å². The topological polar surface area (TPSA) is 159 Å². The van der Waals surface area contributed by atoms with Crippen LogP contribution in [0, 0.1) is 12.8 Å². The van der Waals surface area contributed by atoms with Crippen molar-refractivity contribution in [3.63, 3.8) is 0 Å². The number of rotatable bonds is 7. The zero-order valence-electron chi connectivity index (χ0n) is 18.7. The van der Waals surface area contributed by atoms with Gasteiger partial charge in [-0.05, 0) is 47.4 Å². The Morgan fingerprint density at radius 3 is 2.06 bits per heavy atom. The largest absolute Gasteiger partial charge is 0.396 e. The Balaban J connectivity index is 1.91. The Labute approximate surface area is 191 Å². The van der Waals surface area contributed by atoms with E-state index in [4.69, 9.17) is 0 Å². The smallest absolute Gasteiger partial charge is 0.251 e. The number of benzene rings is 2. The molecule has 178 valence electrons. The number of hydrogen-bond acceptors (Lipinski definition) is 7. The van der Waals surface area contributed by atoms with Gasteiger partial charge in [0.15, 0.2) is 0 Å². The summed E-state index contributed by atoms with van der Waals surface area (Å²) in [5.74, 6) is -1.70. The lowest BCUT2D eigenvalue weighted by Crippen LogP contribution is -2.75. The van der Waals surface area contributed by atoms with E-state index >= 15 is 0 Å². The molecule has 0 spiro atoms. The molecule has 1 aliphatic rings. The fourth-order valence-electron chi connectivity index (χ4n) is 4.39. The van der Waals surface area contributed by atoms with Crippen LogP contribution in [0.15, 0.2) is 36.4 Å². The highest BCUT2D eigenvalue weighted by atomic mass is 16.4. The van der Waals surface area contributed by atoms with Crippen LogP contribution in [0.25, 0.3) is 11.1 Å². The van der Waals surface area contributed by atoms with Gasteiger partial charge in [0.25, 0.3) is 11.8 Å². The fourth-order valence-corrected chi connectivity index (χ4v) is 4.39. The van der Waals surface area contributed by atoms with E-state index in [0.717, 1.165) is 11.1 Å². The van der Waals surface area contributed by atoms with Crippen LogP contribution >= 0.6 is 0 Å². The molecule has 1 fully saturated rings. The number of aliphatic hydroxyl groups excluding tert-OH is 4. The molecule has 0 bridgehead atoms. The van der Waals surface area contributed by atoms with Crippen molar-refractivity contribution < 1.29 is 35.1 Å². The first kappa shape index (κ1) is 24.8. The predicted octanol–water partition coefficient (Wildman–Crippen LogP) is -0.640. The summed E-state index contributed by atoms with van der Waals surface area (Å²) in [6.07, 6.45) is -4.28. The van der Waals surface area contributed by atoms with Gasteiger partial charge in [-0.25, -0.2) is 0 Å². The van der Waals surface area contributed by atoms with Crippen LogP contribution in [0.3, 0.4) is 0 Å². The standard InChI is InChI=1S/C24H30N2O7/c1-12-6-14(15-7-16(22(31)25-2)9-17(8-15)23(32)26-3)5-4-13(12)10-19(28)24(33)18(11-27)20(29)21(24)30/h4-9,18-21,27-30,33H,10-11H2,1-3H3,(H,25,31)(H,26,32). The number of amides is 2. The molecule has 5 unspecified atom stereocenters. The van der Waals surface area contributed by atoms with Crippen LogP contribution < -0.4 is 10.6 Å². The Hall–Kier alpha value is -2.82. The number of hydrogen-bond donors (Lipinski definition) is 7. The Bertz CT molecular complexity index is 1020. The summed E-state index contributed by atoms with van der Waals surface area (Å²) in [5, 5.41) is 55.5. The molecule has 2 amide bonds.